The lowest BCUT2D eigenvalue weighted by Crippen LogP contribution is -1.96. The molecule has 0 radical (unpaired) electrons. The Balaban J connectivity index is 2.25. The monoisotopic (exact) mass is 229 g/mol. The molecule has 0 saturated carbocycles. The molecular formula is C12H11N3O2. The van der Waals surface area contributed by atoms with Crippen molar-refractivity contribution in [1.82, 2.24) is 14.8 Å². The van der Waals surface area contributed by atoms with Crippen molar-refractivity contribution in [3.05, 3.63) is 48.1 Å². The molecule has 17 heavy (non-hydrogen) atoms. The van der Waals surface area contributed by atoms with Crippen LogP contribution in [-0.2, 0) is 4.79 Å². The molecule has 2 rings (SSSR count). The SMILES string of the molecule is C/C(=C\c1ccc(-n2cncn2)cc1)C(=O)O. The maximum absolute atomic E-state index is 10.7. The first kappa shape index (κ1) is 11.1. The van der Waals surface area contributed by atoms with E-state index >= 15 is 0 Å². The zero-order valence-corrected chi connectivity index (χ0v) is 9.24. The van der Waals surface area contributed by atoms with E-state index in [1.54, 1.807) is 24.0 Å². The molecule has 0 atom stereocenters. The van der Waals surface area contributed by atoms with E-state index in [9.17, 15) is 4.79 Å². The Morgan fingerprint density at radius 1 is 1.35 bits per heavy atom. The van der Waals surface area contributed by atoms with Gasteiger partial charge in [0.1, 0.15) is 12.7 Å². The molecule has 0 fully saturated rings. The van der Waals surface area contributed by atoms with E-state index in [0.29, 0.717) is 5.57 Å². The van der Waals surface area contributed by atoms with Crippen LogP contribution in [0.2, 0.25) is 0 Å². The summed E-state index contributed by atoms with van der Waals surface area (Å²) in [7, 11) is 0. The molecule has 0 spiro atoms. The molecule has 1 heterocycles. The van der Waals surface area contributed by atoms with Gasteiger partial charge < -0.3 is 5.11 Å². The fourth-order valence-electron chi connectivity index (χ4n) is 1.38. The van der Waals surface area contributed by atoms with Crippen LogP contribution in [0.1, 0.15) is 12.5 Å². The number of nitrogens with zero attached hydrogens (tertiary/aromatic N) is 3. The van der Waals surface area contributed by atoms with Gasteiger partial charge in [0.05, 0.1) is 5.69 Å². The third kappa shape index (κ3) is 2.57. The molecule has 0 aliphatic rings. The van der Waals surface area contributed by atoms with Gasteiger partial charge in [0, 0.05) is 5.57 Å². The quantitative estimate of drug-likeness (QED) is 0.814. The van der Waals surface area contributed by atoms with Gasteiger partial charge in [-0.2, -0.15) is 5.10 Å². The highest BCUT2D eigenvalue weighted by atomic mass is 16.4. The zero-order valence-electron chi connectivity index (χ0n) is 9.24. The van der Waals surface area contributed by atoms with E-state index < -0.39 is 5.97 Å². The minimum Gasteiger partial charge on any atom is -0.478 e. The Labute approximate surface area is 98.0 Å². The third-order valence-corrected chi connectivity index (χ3v) is 2.30. The first-order chi connectivity index (χ1) is 8.16. The average molecular weight is 229 g/mol. The fraction of sp³-hybridized carbons (Fsp3) is 0.0833. The highest BCUT2D eigenvalue weighted by molar-refractivity contribution is 5.91. The summed E-state index contributed by atoms with van der Waals surface area (Å²) in [5, 5.41) is 12.8. The van der Waals surface area contributed by atoms with Gasteiger partial charge in [0.25, 0.3) is 0 Å². The Hall–Kier alpha value is -2.43. The number of carboxylic acid groups (broad SMARTS) is 1. The molecule has 0 aliphatic carbocycles. The van der Waals surface area contributed by atoms with Crippen molar-refractivity contribution < 1.29 is 9.90 Å². The van der Waals surface area contributed by atoms with Gasteiger partial charge in [0.15, 0.2) is 0 Å². The Morgan fingerprint density at radius 3 is 2.59 bits per heavy atom. The first-order valence-corrected chi connectivity index (χ1v) is 5.03. The summed E-state index contributed by atoms with van der Waals surface area (Å²) in [5.41, 5.74) is 2.03. The van der Waals surface area contributed by atoms with Crippen LogP contribution >= 0.6 is 0 Å². The van der Waals surface area contributed by atoms with Gasteiger partial charge in [0.2, 0.25) is 0 Å². The second-order valence-corrected chi connectivity index (χ2v) is 3.56. The van der Waals surface area contributed by atoms with Crippen LogP contribution < -0.4 is 0 Å². The van der Waals surface area contributed by atoms with E-state index in [0.717, 1.165) is 11.3 Å². The van der Waals surface area contributed by atoms with E-state index in [4.69, 9.17) is 5.11 Å². The highest BCUT2D eigenvalue weighted by Crippen LogP contribution is 2.11. The van der Waals surface area contributed by atoms with E-state index in [2.05, 4.69) is 10.1 Å². The van der Waals surface area contributed by atoms with Crippen molar-refractivity contribution in [2.75, 3.05) is 0 Å². The summed E-state index contributed by atoms with van der Waals surface area (Å²) in [6, 6.07) is 7.39. The summed E-state index contributed by atoms with van der Waals surface area (Å²) < 4.78 is 1.64. The molecule has 1 N–H and O–H groups in total. The van der Waals surface area contributed by atoms with Crippen LogP contribution in [0.25, 0.3) is 11.8 Å². The van der Waals surface area contributed by atoms with Gasteiger partial charge in [-0.25, -0.2) is 14.5 Å². The number of aliphatic carboxylic acids is 1. The minimum atomic E-state index is -0.912. The normalized spacial score (nSPS) is 11.5. The molecule has 1 aromatic carbocycles. The number of hydrogen-bond acceptors (Lipinski definition) is 3. The van der Waals surface area contributed by atoms with E-state index in [1.807, 2.05) is 24.3 Å². The van der Waals surface area contributed by atoms with Crippen molar-refractivity contribution in [2.45, 2.75) is 6.92 Å². The van der Waals surface area contributed by atoms with E-state index in [1.165, 1.54) is 6.33 Å². The minimum absolute atomic E-state index is 0.304. The number of carboxylic acids is 1. The maximum atomic E-state index is 10.7. The zero-order chi connectivity index (χ0) is 12.3. The Bertz CT molecular complexity index is 542. The molecule has 0 bridgehead atoms. The molecule has 86 valence electrons. The lowest BCUT2D eigenvalue weighted by molar-refractivity contribution is -0.132. The molecular weight excluding hydrogens is 218 g/mol. The van der Waals surface area contributed by atoms with Gasteiger partial charge >= 0.3 is 5.97 Å². The molecule has 0 unspecified atom stereocenters. The standard InChI is InChI=1S/C12H11N3O2/c1-9(12(16)17)6-10-2-4-11(5-3-10)15-8-13-7-14-15/h2-8H,1H3,(H,16,17)/b9-6+. The highest BCUT2D eigenvalue weighted by Gasteiger charge is 2.00. The lowest BCUT2D eigenvalue weighted by Gasteiger charge is -2.01. The number of rotatable bonds is 3. The first-order valence-electron chi connectivity index (χ1n) is 5.03. The predicted molar refractivity (Wildman–Crippen MR) is 62.6 cm³/mol. The van der Waals surface area contributed by atoms with Crippen LogP contribution in [0, 0.1) is 0 Å². The van der Waals surface area contributed by atoms with E-state index in [-0.39, 0.29) is 0 Å². The average Bonchev–Trinajstić information content (AvgIpc) is 2.83. The van der Waals surface area contributed by atoms with Crippen molar-refractivity contribution in [3.63, 3.8) is 0 Å². The largest absolute Gasteiger partial charge is 0.478 e. The molecule has 1 aromatic heterocycles. The topological polar surface area (TPSA) is 68.0 Å². The van der Waals surface area contributed by atoms with Crippen molar-refractivity contribution in [3.8, 4) is 5.69 Å². The Morgan fingerprint density at radius 2 is 2.06 bits per heavy atom. The summed E-state index contributed by atoms with van der Waals surface area (Å²) >= 11 is 0. The second-order valence-electron chi connectivity index (χ2n) is 3.56. The summed E-state index contributed by atoms with van der Waals surface area (Å²) in [6.07, 6.45) is 4.68. The van der Waals surface area contributed by atoms with Crippen LogP contribution in [0.15, 0.2) is 42.5 Å². The fourth-order valence-corrected chi connectivity index (χ4v) is 1.38. The van der Waals surface area contributed by atoms with Crippen LogP contribution in [0.4, 0.5) is 0 Å². The summed E-state index contributed by atoms with van der Waals surface area (Å²) in [6.45, 7) is 1.56. The van der Waals surface area contributed by atoms with Gasteiger partial charge in [-0.1, -0.05) is 12.1 Å². The lowest BCUT2D eigenvalue weighted by atomic mass is 10.1. The number of hydrogen-bond donors (Lipinski definition) is 1. The maximum Gasteiger partial charge on any atom is 0.331 e. The van der Waals surface area contributed by atoms with Crippen LogP contribution in [-0.4, -0.2) is 25.8 Å². The molecule has 0 amide bonds. The van der Waals surface area contributed by atoms with Crippen LogP contribution in [0.5, 0.6) is 0 Å². The predicted octanol–water partition coefficient (Wildman–Crippen LogP) is 1.76. The van der Waals surface area contributed by atoms with Gasteiger partial charge in [-0.05, 0) is 30.7 Å². The molecule has 2 aromatic rings. The smallest absolute Gasteiger partial charge is 0.331 e. The molecule has 0 saturated heterocycles. The van der Waals surface area contributed by atoms with Gasteiger partial charge in [-0.3, -0.25) is 0 Å². The number of aromatic nitrogens is 3. The third-order valence-electron chi connectivity index (χ3n) is 2.30. The van der Waals surface area contributed by atoms with Crippen molar-refractivity contribution >= 4 is 12.0 Å². The molecule has 0 aliphatic heterocycles. The van der Waals surface area contributed by atoms with Gasteiger partial charge in [-0.15, -0.1) is 0 Å². The number of benzene rings is 1. The Kier molecular flexibility index (Phi) is 3.00. The number of carbonyl (C=O) groups is 1. The summed E-state index contributed by atoms with van der Waals surface area (Å²) in [5.74, 6) is -0.912. The van der Waals surface area contributed by atoms with Crippen molar-refractivity contribution in [1.29, 1.82) is 0 Å². The van der Waals surface area contributed by atoms with Crippen molar-refractivity contribution in [2.24, 2.45) is 0 Å². The summed E-state index contributed by atoms with van der Waals surface area (Å²) in [4.78, 5) is 14.5. The molecule has 5 nitrogen and oxygen atoms in total. The van der Waals surface area contributed by atoms with Crippen LogP contribution in [0.3, 0.4) is 0 Å². The second kappa shape index (κ2) is 4.61. The molecule has 5 heteroatoms.